The van der Waals surface area contributed by atoms with Crippen LogP contribution in [-0.4, -0.2) is 9.42 Å². The van der Waals surface area contributed by atoms with Crippen LogP contribution < -0.4 is 21.2 Å². The largest absolute Gasteiger partial charge is 0.296 e. The van der Waals surface area contributed by atoms with Crippen molar-refractivity contribution in [2.24, 2.45) is 0 Å². The lowest BCUT2D eigenvalue weighted by Crippen LogP contribution is -2.36. The summed E-state index contributed by atoms with van der Waals surface area (Å²) in [6, 6.07) is 43.1. The molecule has 5 rings (SSSR count). The Labute approximate surface area is 212 Å². The summed E-state index contributed by atoms with van der Waals surface area (Å²) in [7, 11) is -7.24. The number of hydrogen-bond donors (Lipinski definition) is 0. The maximum absolute atomic E-state index is 15.6. The van der Waals surface area contributed by atoms with E-state index in [0.717, 1.165) is 0 Å². The minimum atomic E-state index is -3.62. The van der Waals surface area contributed by atoms with Crippen LogP contribution in [0, 0.1) is 0 Å². The van der Waals surface area contributed by atoms with Crippen molar-refractivity contribution in [1.82, 2.24) is 9.42 Å². The van der Waals surface area contributed by atoms with Gasteiger partial charge in [0.25, 0.3) is 0 Å². The molecule has 0 aliphatic heterocycles. The quantitative estimate of drug-likeness (QED) is 0.251. The zero-order valence-electron chi connectivity index (χ0n) is 19.7. The fraction of sp³-hybridized carbons (Fsp3) is 0.0333. The van der Waals surface area contributed by atoms with Crippen LogP contribution in [0.5, 0.6) is 0 Å². The molecule has 6 heteroatoms. The van der Waals surface area contributed by atoms with Gasteiger partial charge in [0.2, 0.25) is 14.6 Å². The van der Waals surface area contributed by atoms with Crippen molar-refractivity contribution < 1.29 is 9.13 Å². The second-order valence-electron chi connectivity index (χ2n) is 8.35. The van der Waals surface area contributed by atoms with Crippen LogP contribution in [0.15, 0.2) is 146 Å². The second kappa shape index (κ2) is 10.6. The molecule has 0 atom stereocenters. The molecule has 0 N–H and O–H groups in total. The van der Waals surface area contributed by atoms with E-state index in [4.69, 9.17) is 0 Å². The van der Waals surface area contributed by atoms with Gasteiger partial charge in [-0.1, -0.05) is 78.9 Å². The van der Waals surface area contributed by atoms with E-state index in [2.05, 4.69) is 4.98 Å². The van der Waals surface area contributed by atoms with Gasteiger partial charge in [-0.3, -0.25) is 14.1 Å². The third-order valence-electron chi connectivity index (χ3n) is 6.10. The van der Waals surface area contributed by atoms with Crippen molar-refractivity contribution in [2.45, 2.75) is 6.54 Å². The second-order valence-corrected chi connectivity index (χ2v) is 14.0. The third kappa shape index (κ3) is 4.52. The van der Waals surface area contributed by atoms with E-state index in [1.165, 1.54) is 0 Å². The number of benzene rings is 4. The topological polar surface area (TPSA) is 50.3 Å². The average Bonchev–Trinajstić information content (AvgIpc) is 2.97. The van der Waals surface area contributed by atoms with Gasteiger partial charge in [0.05, 0.1) is 12.2 Å². The lowest BCUT2D eigenvalue weighted by atomic mass is 10.4. The van der Waals surface area contributed by atoms with E-state index >= 15 is 9.13 Å². The van der Waals surface area contributed by atoms with Crippen LogP contribution in [0.3, 0.4) is 0 Å². The normalized spacial score (nSPS) is 11.9. The predicted octanol–water partition coefficient (Wildman–Crippen LogP) is 5.74. The Morgan fingerprint density at radius 3 is 1.11 bits per heavy atom. The Hall–Kier alpha value is -3.55. The summed E-state index contributed by atoms with van der Waals surface area (Å²) in [5.74, 6) is 0. The van der Waals surface area contributed by atoms with Crippen LogP contribution in [0.2, 0.25) is 0 Å². The molecule has 0 saturated heterocycles. The molecule has 0 aliphatic carbocycles. The molecule has 0 radical (unpaired) electrons. The van der Waals surface area contributed by atoms with Crippen LogP contribution in [0.1, 0.15) is 5.69 Å². The Balaban J connectivity index is 1.86. The Morgan fingerprint density at radius 2 is 0.806 bits per heavy atom. The van der Waals surface area contributed by atoms with Crippen LogP contribution in [0.25, 0.3) is 0 Å². The number of hydrogen-bond acceptors (Lipinski definition) is 3. The van der Waals surface area contributed by atoms with Gasteiger partial charge >= 0.3 is 0 Å². The highest BCUT2D eigenvalue weighted by atomic mass is 31.2. The Bertz CT molecular complexity index is 1310. The van der Waals surface area contributed by atoms with E-state index in [-0.39, 0.29) is 6.54 Å². The van der Waals surface area contributed by atoms with Crippen LogP contribution >= 0.6 is 14.6 Å². The zero-order valence-corrected chi connectivity index (χ0v) is 21.5. The fourth-order valence-corrected chi connectivity index (χ4v) is 11.7. The third-order valence-corrected chi connectivity index (χ3v) is 13.2. The first kappa shape index (κ1) is 24.2. The lowest BCUT2D eigenvalue weighted by Gasteiger charge is -2.38. The molecule has 1 aromatic heterocycles. The summed E-state index contributed by atoms with van der Waals surface area (Å²) >= 11 is 0. The number of aromatic nitrogens is 1. The van der Waals surface area contributed by atoms with E-state index in [1.807, 2.05) is 140 Å². The monoisotopic (exact) mass is 508 g/mol. The SMILES string of the molecule is O=P(c1ccccc1)(c1ccccc1)N(Cc1ccccn1)P(=O)(c1ccccc1)c1ccccc1. The Morgan fingerprint density at radius 1 is 0.472 bits per heavy atom. The summed E-state index contributed by atoms with van der Waals surface area (Å²) in [6.07, 6.45) is 1.71. The van der Waals surface area contributed by atoms with E-state index in [0.29, 0.717) is 26.9 Å². The zero-order chi connectivity index (χ0) is 24.8. The highest BCUT2D eigenvalue weighted by molar-refractivity contribution is 7.90. The molecule has 0 amide bonds. The van der Waals surface area contributed by atoms with Gasteiger partial charge in [0.1, 0.15) is 0 Å². The van der Waals surface area contributed by atoms with Crippen molar-refractivity contribution in [3.8, 4) is 0 Å². The standard InChI is InChI=1S/C30H26N2O2P2/c33-35(27-16-5-1-6-17-27,28-18-7-2-8-19-28)32(25-26-15-13-14-24-31-26)36(34,29-20-9-3-10-21-29)30-22-11-4-12-23-30/h1-24H,25H2. The molecule has 36 heavy (non-hydrogen) atoms. The first-order valence-corrected chi connectivity index (χ1v) is 15.1. The molecule has 0 fully saturated rings. The molecule has 0 aliphatic rings. The molecule has 0 spiro atoms. The molecule has 1 heterocycles. The summed E-state index contributed by atoms with van der Waals surface area (Å²) in [5, 5.41) is 2.50. The molecule has 4 aromatic carbocycles. The number of rotatable bonds is 8. The van der Waals surface area contributed by atoms with Gasteiger partial charge in [-0.25, -0.2) is 0 Å². The summed E-state index contributed by atoms with van der Waals surface area (Å²) < 4.78 is 33.0. The minimum absolute atomic E-state index is 0.142. The summed E-state index contributed by atoms with van der Waals surface area (Å²) in [4.78, 5) is 4.54. The van der Waals surface area contributed by atoms with Crippen molar-refractivity contribution in [1.29, 1.82) is 0 Å². The maximum Gasteiger partial charge on any atom is 0.213 e. The van der Waals surface area contributed by atoms with Crippen molar-refractivity contribution in [3.05, 3.63) is 151 Å². The predicted molar refractivity (Wildman–Crippen MR) is 149 cm³/mol. The van der Waals surface area contributed by atoms with Gasteiger partial charge in [0, 0.05) is 27.4 Å². The lowest BCUT2D eigenvalue weighted by molar-refractivity contribution is 0.510. The van der Waals surface area contributed by atoms with E-state index in [9.17, 15) is 0 Å². The van der Waals surface area contributed by atoms with Gasteiger partial charge in [-0.2, -0.15) is 4.44 Å². The first-order chi connectivity index (χ1) is 17.6. The molecule has 0 bridgehead atoms. The molecule has 0 unspecified atom stereocenters. The average molecular weight is 508 g/mol. The molecule has 5 aromatic rings. The number of pyridine rings is 1. The summed E-state index contributed by atoms with van der Waals surface area (Å²) in [5.41, 5.74) is 0.691. The molecule has 4 nitrogen and oxygen atoms in total. The van der Waals surface area contributed by atoms with E-state index in [1.54, 1.807) is 10.6 Å². The van der Waals surface area contributed by atoms with Crippen LogP contribution in [0.4, 0.5) is 0 Å². The molecular weight excluding hydrogens is 482 g/mol. The minimum Gasteiger partial charge on any atom is -0.296 e. The fourth-order valence-electron chi connectivity index (χ4n) is 4.36. The molecule has 178 valence electrons. The maximum atomic E-state index is 15.6. The molecule has 0 saturated carbocycles. The van der Waals surface area contributed by atoms with E-state index < -0.39 is 14.6 Å². The number of nitrogens with zero attached hydrogens (tertiary/aromatic N) is 2. The summed E-state index contributed by atoms with van der Waals surface area (Å²) in [6.45, 7) is 0.142. The Kier molecular flexibility index (Phi) is 7.11. The first-order valence-electron chi connectivity index (χ1n) is 11.7. The highest BCUT2D eigenvalue weighted by Crippen LogP contribution is 2.64. The van der Waals surface area contributed by atoms with Crippen molar-refractivity contribution in [2.75, 3.05) is 0 Å². The van der Waals surface area contributed by atoms with Crippen molar-refractivity contribution in [3.63, 3.8) is 0 Å². The molecular formula is C30H26N2O2P2. The van der Waals surface area contributed by atoms with Crippen molar-refractivity contribution >= 4 is 35.8 Å². The highest BCUT2D eigenvalue weighted by Gasteiger charge is 2.47. The van der Waals surface area contributed by atoms with Gasteiger partial charge in [-0.05, 0) is 60.7 Å². The van der Waals surface area contributed by atoms with Gasteiger partial charge in [-0.15, -0.1) is 0 Å². The van der Waals surface area contributed by atoms with Crippen LogP contribution in [-0.2, 0) is 15.7 Å². The smallest absolute Gasteiger partial charge is 0.213 e. The van der Waals surface area contributed by atoms with Gasteiger partial charge in [0.15, 0.2) is 0 Å². The van der Waals surface area contributed by atoms with Gasteiger partial charge < -0.3 is 0 Å².